The van der Waals surface area contributed by atoms with Gasteiger partial charge >= 0.3 is 0 Å². The molecule has 0 amide bonds. The minimum Gasteiger partial charge on any atom is -0.491 e. The zero-order chi connectivity index (χ0) is 29.3. The van der Waals surface area contributed by atoms with Crippen molar-refractivity contribution < 1.29 is 33.9 Å². The predicted molar refractivity (Wildman–Crippen MR) is 162 cm³/mol. The fourth-order valence-corrected chi connectivity index (χ4v) is 6.03. The van der Waals surface area contributed by atoms with E-state index in [0.717, 1.165) is 44.8 Å². The van der Waals surface area contributed by atoms with Gasteiger partial charge in [0.2, 0.25) is 0 Å². The van der Waals surface area contributed by atoms with Gasteiger partial charge in [-0.15, -0.1) is 0 Å². The Morgan fingerprint density at radius 2 is 1.45 bits per heavy atom. The lowest BCUT2D eigenvalue weighted by molar-refractivity contribution is -0.287. The number of hydrogen-bond donors (Lipinski definition) is 2. The quantitative estimate of drug-likeness (QED) is 0.380. The van der Waals surface area contributed by atoms with Crippen LogP contribution in [-0.2, 0) is 9.47 Å². The Morgan fingerprint density at radius 1 is 0.810 bits per heavy atom. The van der Waals surface area contributed by atoms with Gasteiger partial charge in [-0.25, -0.2) is 0 Å². The smallest absolute Gasteiger partial charge is 0.197 e. The van der Waals surface area contributed by atoms with Crippen molar-refractivity contribution in [1.29, 1.82) is 0 Å². The van der Waals surface area contributed by atoms with Crippen molar-refractivity contribution >= 4 is 5.69 Å². The normalized spacial score (nSPS) is 27.5. The summed E-state index contributed by atoms with van der Waals surface area (Å²) < 4.78 is 29.6. The molecule has 42 heavy (non-hydrogen) atoms. The first kappa shape index (κ1) is 30.9. The second-order valence-electron chi connectivity index (χ2n) is 11.7. The van der Waals surface area contributed by atoms with E-state index >= 15 is 0 Å². The molecule has 2 heterocycles. The molecule has 2 aromatic rings. The molecule has 232 valence electrons. The average Bonchev–Trinajstić information content (AvgIpc) is 3.04. The molecule has 1 saturated carbocycles. The predicted octanol–water partition coefficient (Wildman–Crippen LogP) is 4.24. The maximum absolute atomic E-state index is 11.0. The molecule has 9 nitrogen and oxygen atoms in total. The standard InChI is InChI=1S/C33H48N2O7/c1-3-4-18-34-19-21-35(22-20-34)24-10-12-25(13-11-24)39-23-29-30(36)31(37)32(33(38-2)42-29)41-28-16-14-27(15-17-28)40-26-8-6-5-7-9-26/h10-17,26,29-33,36-37H,3-9,18-23H2,1-2H3/t29-,30-,31+,32-,33+/m1/s1. The molecule has 0 radical (unpaired) electrons. The summed E-state index contributed by atoms with van der Waals surface area (Å²) in [4.78, 5) is 4.94. The fraction of sp³-hybridized carbons (Fsp3) is 0.636. The number of ether oxygens (including phenoxy) is 5. The monoisotopic (exact) mass is 584 g/mol. The molecular formula is C33H48N2O7. The molecule has 5 rings (SSSR count). The molecule has 0 aromatic heterocycles. The van der Waals surface area contributed by atoms with Crippen LogP contribution in [0, 0.1) is 0 Å². The van der Waals surface area contributed by atoms with Crippen molar-refractivity contribution in [1.82, 2.24) is 4.90 Å². The van der Waals surface area contributed by atoms with Crippen LogP contribution in [0.25, 0.3) is 0 Å². The maximum atomic E-state index is 11.0. The maximum Gasteiger partial charge on any atom is 0.197 e. The number of piperazine rings is 1. The first-order valence-corrected chi connectivity index (χ1v) is 15.7. The van der Waals surface area contributed by atoms with E-state index in [0.29, 0.717) is 11.5 Å². The largest absolute Gasteiger partial charge is 0.491 e. The molecule has 3 fully saturated rings. The second-order valence-corrected chi connectivity index (χ2v) is 11.7. The Bertz CT molecular complexity index is 1050. The van der Waals surface area contributed by atoms with Crippen LogP contribution in [0.2, 0.25) is 0 Å². The Morgan fingerprint density at radius 3 is 2.10 bits per heavy atom. The Hall–Kier alpha value is -2.56. The van der Waals surface area contributed by atoms with E-state index in [2.05, 4.69) is 28.9 Å². The van der Waals surface area contributed by atoms with Crippen LogP contribution in [0.4, 0.5) is 5.69 Å². The molecule has 2 N–H and O–H groups in total. The van der Waals surface area contributed by atoms with Crippen LogP contribution < -0.4 is 19.1 Å². The fourth-order valence-electron chi connectivity index (χ4n) is 6.03. The van der Waals surface area contributed by atoms with Gasteiger partial charge in [0.1, 0.15) is 42.2 Å². The third-order valence-corrected chi connectivity index (χ3v) is 8.64. The van der Waals surface area contributed by atoms with E-state index in [1.807, 2.05) is 24.3 Å². The van der Waals surface area contributed by atoms with Gasteiger partial charge in [-0.1, -0.05) is 19.8 Å². The average molecular weight is 585 g/mol. The van der Waals surface area contributed by atoms with Gasteiger partial charge in [-0.2, -0.15) is 0 Å². The number of unbranched alkanes of at least 4 members (excludes halogenated alkanes) is 1. The molecule has 0 bridgehead atoms. The first-order valence-electron chi connectivity index (χ1n) is 15.7. The topological polar surface area (TPSA) is 93.1 Å². The van der Waals surface area contributed by atoms with Crippen LogP contribution in [0.15, 0.2) is 48.5 Å². The summed E-state index contributed by atoms with van der Waals surface area (Å²) in [6.07, 6.45) is 3.61. The zero-order valence-electron chi connectivity index (χ0n) is 25.1. The minimum absolute atomic E-state index is 0.0630. The third kappa shape index (κ3) is 8.08. The number of anilines is 1. The van der Waals surface area contributed by atoms with E-state index in [-0.39, 0.29) is 12.7 Å². The molecule has 1 aliphatic carbocycles. The number of benzene rings is 2. The van der Waals surface area contributed by atoms with Crippen LogP contribution >= 0.6 is 0 Å². The zero-order valence-corrected chi connectivity index (χ0v) is 25.1. The van der Waals surface area contributed by atoms with E-state index in [1.54, 1.807) is 12.1 Å². The molecule has 2 aromatic carbocycles. The highest BCUT2D eigenvalue weighted by Crippen LogP contribution is 2.30. The number of methoxy groups -OCH3 is 1. The lowest BCUT2D eigenvalue weighted by atomic mass is 9.98. The molecule has 3 aliphatic rings. The Balaban J connectivity index is 1.10. The van der Waals surface area contributed by atoms with Crippen molar-refractivity contribution in [2.45, 2.75) is 88.7 Å². The van der Waals surface area contributed by atoms with Crippen molar-refractivity contribution in [3.8, 4) is 17.2 Å². The highest BCUT2D eigenvalue weighted by molar-refractivity contribution is 5.49. The third-order valence-electron chi connectivity index (χ3n) is 8.64. The van der Waals surface area contributed by atoms with Crippen molar-refractivity contribution in [3.63, 3.8) is 0 Å². The highest BCUT2D eigenvalue weighted by Gasteiger charge is 2.46. The number of aliphatic hydroxyl groups excluding tert-OH is 2. The van der Waals surface area contributed by atoms with Crippen molar-refractivity contribution in [2.24, 2.45) is 0 Å². The summed E-state index contributed by atoms with van der Waals surface area (Å²) in [5, 5.41) is 21.8. The van der Waals surface area contributed by atoms with Gasteiger partial charge in [-0.3, -0.25) is 4.90 Å². The van der Waals surface area contributed by atoms with E-state index < -0.39 is 30.7 Å². The number of hydrogen-bond acceptors (Lipinski definition) is 9. The van der Waals surface area contributed by atoms with Crippen LogP contribution in [0.3, 0.4) is 0 Å². The molecule has 0 spiro atoms. The second kappa shape index (κ2) is 15.3. The van der Waals surface area contributed by atoms with Crippen LogP contribution in [0.1, 0.15) is 51.9 Å². The number of rotatable bonds is 12. The number of nitrogens with zero attached hydrogens (tertiary/aromatic N) is 2. The molecular weight excluding hydrogens is 536 g/mol. The first-order chi connectivity index (χ1) is 20.5. The molecule has 9 heteroatoms. The SMILES string of the molecule is CCCCN1CCN(c2ccc(OC[C@H]3O[C@H](OC)[C@H](Oc4ccc(OC5CCCCC5)cc4)[C@@H](O)[C@@H]3O)cc2)CC1. The number of aliphatic hydroxyl groups is 2. The molecule has 2 saturated heterocycles. The molecule has 0 unspecified atom stereocenters. The lowest BCUT2D eigenvalue weighted by Gasteiger charge is -2.41. The van der Waals surface area contributed by atoms with Crippen LogP contribution in [0.5, 0.6) is 17.2 Å². The molecule has 5 atom stereocenters. The van der Waals surface area contributed by atoms with Crippen molar-refractivity contribution in [2.75, 3.05) is 51.3 Å². The summed E-state index contributed by atoms with van der Waals surface area (Å²) >= 11 is 0. The lowest BCUT2D eigenvalue weighted by Crippen LogP contribution is -2.61. The minimum atomic E-state index is -1.23. The molecule has 2 aliphatic heterocycles. The van der Waals surface area contributed by atoms with Crippen molar-refractivity contribution in [3.05, 3.63) is 48.5 Å². The summed E-state index contributed by atoms with van der Waals surface area (Å²) in [5.74, 6) is 2.01. The van der Waals surface area contributed by atoms with E-state index in [9.17, 15) is 10.2 Å². The van der Waals surface area contributed by atoms with Gasteiger partial charge < -0.3 is 38.8 Å². The summed E-state index contributed by atoms with van der Waals surface area (Å²) in [7, 11) is 1.49. The van der Waals surface area contributed by atoms with E-state index in [1.165, 1.54) is 51.4 Å². The van der Waals surface area contributed by atoms with Gasteiger partial charge in [0.15, 0.2) is 12.4 Å². The Kier molecular flexibility index (Phi) is 11.2. The van der Waals surface area contributed by atoms with Gasteiger partial charge in [0, 0.05) is 39.0 Å². The summed E-state index contributed by atoms with van der Waals surface area (Å²) in [6, 6.07) is 15.3. The van der Waals surface area contributed by atoms with Gasteiger partial charge in [-0.05, 0) is 87.2 Å². The summed E-state index contributed by atoms with van der Waals surface area (Å²) in [6.45, 7) is 7.69. The van der Waals surface area contributed by atoms with E-state index in [4.69, 9.17) is 23.7 Å². The summed E-state index contributed by atoms with van der Waals surface area (Å²) in [5.41, 5.74) is 1.18. The highest BCUT2D eigenvalue weighted by atomic mass is 16.7. The van der Waals surface area contributed by atoms with Gasteiger partial charge in [0.05, 0.1) is 6.10 Å². The van der Waals surface area contributed by atoms with Gasteiger partial charge in [0.25, 0.3) is 0 Å². The Labute approximate surface area is 250 Å². The van der Waals surface area contributed by atoms with Crippen LogP contribution in [-0.4, -0.2) is 98.4 Å².